The second-order valence-electron chi connectivity index (χ2n) is 4.29. The SMILES string of the molecule is CC(C)c1ccc(CNC(=O)C=CC(=O)O)cc1. The molecule has 1 amide bonds. The summed E-state index contributed by atoms with van der Waals surface area (Å²) in [6.45, 7) is 4.63. The number of carboxylic acids is 1. The lowest BCUT2D eigenvalue weighted by Crippen LogP contribution is -2.20. The molecule has 0 bridgehead atoms. The molecule has 0 saturated heterocycles. The Morgan fingerprint density at radius 1 is 1.22 bits per heavy atom. The molecule has 18 heavy (non-hydrogen) atoms. The van der Waals surface area contributed by atoms with Crippen LogP contribution in [0.25, 0.3) is 0 Å². The summed E-state index contributed by atoms with van der Waals surface area (Å²) in [5.74, 6) is -1.07. The molecule has 96 valence electrons. The van der Waals surface area contributed by atoms with Crippen molar-refractivity contribution in [3.8, 4) is 0 Å². The minimum absolute atomic E-state index is 0.390. The van der Waals surface area contributed by atoms with E-state index in [-0.39, 0.29) is 0 Å². The molecule has 0 aliphatic rings. The Kier molecular flexibility index (Phi) is 5.11. The van der Waals surface area contributed by atoms with Crippen molar-refractivity contribution >= 4 is 11.9 Å². The van der Waals surface area contributed by atoms with Crippen LogP contribution in [0, 0.1) is 0 Å². The van der Waals surface area contributed by atoms with Crippen molar-refractivity contribution in [2.24, 2.45) is 0 Å². The molecule has 4 heteroatoms. The molecule has 4 nitrogen and oxygen atoms in total. The molecule has 0 aliphatic heterocycles. The Morgan fingerprint density at radius 3 is 2.33 bits per heavy atom. The molecule has 0 spiro atoms. The fourth-order valence-corrected chi connectivity index (χ4v) is 1.42. The largest absolute Gasteiger partial charge is 0.478 e. The van der Waals surface area contributed by atoms with Gasteiger partial charge in [0.2, 0.25) is 5.91 Å². The highest BCUT2D eigenvalue weighted by Gasteiger charge is 2.00. The molecule has 0 atom stereocenters. The van der Waals surface area contributed by atoms with E-state index in [1.165, 1.54) is 5.56 Å². The third kappa shape index (κ3) is 4.82. The van der Waals surface area contributed by atoms with Crippen LogP contribution in [-0.4, -0.2) is 17.0 Å². The summed E-state index contributed by atoms with van der Waals surface area (Å²) in [5.41, 5.74) is 2.23. The molecule has 0 aromatic heterocycles. The Hall–Kier alpha value is -2.10. The van der Waals surface area contributed by atoms with Gasteiger partial charge < -0.3 is 10.4 Å². The van der Waals surface area contributed by atoms with E-state index in [9.17, 15) is 9.59 Å². The quantitative estimate of drug-likeness (QED) is 0.783. The highest BCUT2D eigenvalue weighted by Crippen LogP contribution is 2.14. The predicted molar refractivity (Wildman–Crippen MR) is 69.2 cm³/mol. The number of amides is 1. The zero-order chi connectivity index (χ0) is 13.5. The maximum Gasteiger partial charge on any atom is 0.328 e. The number of hydrogen-bond acceptors (Lipinski definition) is 2. The third-order valence-electron chi connectivity index (χ3n) is 2.49. The van der Waals surface area contributed by atoms with E-state index in [2.05, 4.69) is 19.2 Å². The van der Waals surface area contributed by atoms with Gasteiger partial charge in [0.05, 0.1) is 0 Å². The number of nitrogens with one attached hydrogen (secondary N) is 1. The van der Waals surface area contributed by atoms with Gasteiger partial charge in [0, 0.05) is 18.7 Å². The number of carbonyl (C=O) groups is 2. The van der Waals surface area contributed by atoms with Crippen LogP contribution in [-0.2, 0) is 16.1 Å². The number of aliphatic carboxylic acids is 1. The van der Waals surface area contributed by atoms with Gasteiger partial charge in [0.25, 0.3) is 0 Å². The van der Waals surface area contributed by atoms with Crippen molar-refractivity contribution in [2.75, 3.05) is 0 Å². The van der Waals surface area contributed by atoms with Gasteiger partial charge in [0.1, 0.15) is 0 Å². The van der Waals surface area contributed by atoms with Gasteiger partial charge in [-0.3, -0.25) is 4.79 Å². The van der Waals surface area contributed by atoms with Crippen LogP contribution < -0.4 is 5.32 Å². The van der Waals surface area contributed by atoms with Crippen LogP contribution in [0.2, 0.25) is 0 Å². The molecule has 1 rings (SSSR count). The molecule has 1 aromatic carbocycles. The van der Waals surface area contributed by atoms with E-state index in [0.717, 1.165) is 17.7 Å². The van der Waals surface area contributed by atoms with E-state index in [1.807, 2.05) is 24.3 Å². The first-order valence-electron chi connectivity index (χ1n) is 5.76. The molecule has 1 aromatic rings. The second-order valence-corrected chi connectivity index (χ2v) is 4.29. The van der Waals surface area contributed by atoms with Gasteiger partial charge in [-0.1, -0.05) is 38.1 Å². The second kappa shape index (κ2) is 6.59. The lowest BCUT2D eigenvalue weighted by Gasteiger charge is -2.07. The summed E-state index contributed by atoms with van der Waals surface area (Å²) in [5, 5.41) is 11.0. The molecule has 0 fully saturated rings. The highest BCUT2D eigenvalue weighted by atomic mass is 16.4. The van der Waals surface area contributed by atoms with Gasteiger partial charge in [0.15, 0.2) is 0 Å². The maximum absolute atomic E-state index is 11.2. The Balaban J connectivity index is 2.49. The van der Waals surface area contributed by atoms with Crippen molar-refractivity contribution in [1.29, 1.82) is 0 Å². The third-order valence-corrected chi connectivity index (χ3v) is 2.49. The Morgan fingerprint density at radius 2 is 1.83 bits per heavy atom. The zero-order valence-electron chi connectivity index (χ0n) is 10.5. The maximum atomic E-state index is 11.2. The zero-order valence-corrected chi connectivity index (χ0v) is 10.5. The summed E-state index contributed by atoms with van der Waals surface area (Å²) in [6, 6.07) is 7.96. The standard InChI is InChI=1S/C14H17NO3/c1-10(2)12-5-3-11(4-6-12)9-15-13(16)7-8-14(17)18/h3-8,10H,9H2,1-2H3,(H,15,16)(H,17,18). The summed E-state index contributed by atoms with van der Waals surface area (Å²) in [6.07, 6.45) is 1.82. The van der Waals surface area contributed by atoms with Gasteiger partial charge in [-0.25, -0.2) is 4.79 Å². The topological polar surface area (TPSA) is 66.4 Å². The van der Waals surface area contributed by atoms with E-state index < -0.39 is 11.9 Å². The molecule has 0 saturated carbocycles. The van der Waals surface area contributed by atoms with Crippen LogP contribution >= 0.6 is 0 Å². The average molecular weight is 247 g/mol. The van der Waals surface area contributed by atoms with E-state index >= 15 is 0 Å². The number of benzene rings is 1. The Labute approximate surface area is 106 Å². The first-order valence-corrected chi connectivity index (χ1v) is 5.76. The minimum atomic E-state index is -1.13. The summed E-state index contributed by atoms with van der Waals surface area (Å²) < 4.78 is 0. The van der Waals surface area contributed by atoms with Crippen LogP contribution in [0.1, 0.15) is 30.9 Å². The van der Waals surface area contributed by atoms with Crippen LogP contribution in [0.3, 0.4) is 0 Å². The smallest absolute Gasteiger partial charge is 0.328 e. The monoisotopic (exact) mass is 247 g/mol. The van der Waals surface area contributed by atoms with Crippen LogP contribution in [0.4, 0.5) is 0 Å². The van der Waals surface area contributed by atoms with Crippen molar-refractivity contribution < 1.29 is 14.7 Å². The lowest BCUT2D eigenvalue weighted by atomic mass is 10.0. The molecule has 0 unspecified atom stereocenters. The van der Waals surface area contributed by atoms with Crippen molar-refractivity contribution in [2.45, 2.75) is 26.3 Å². The molecular weight excluding hydrogens is 230 g/mol. The highest BCUT2D eigenvalue weighted by molar-refractivity contribution is 5.93. The molecule has 0 radical (unpaired) electrons. The Bertz CT molecular complexity index is 447. The lowest BCUT2D eigenvalue weighted by molar-refractivity contribution is -0.131. The first kappa shape index (κ1) is 14.0. The fraction of sp³-hybridized carbons (Fsp3) is 0.286. The van der Waals surface area contributed by atoms with E-state index in [4.69, 9.17) is 5.11 Å². The molecule has 0 aliphatic carbocycles. The van der Waals surface area contributed by atoms with Gasteiger partial charge in [-0.05, 0) is 17.0 Å². The predicted octanol–water partition coefficient (Wildman–Crippen LogP) is 2.07. The molecular formula is C14H17NO3. The van der Waals surface area contributed by atoms with Crippen LogP contribution in [0.5, 0.6) is 0 Å². The van der Waals surface area contributed by atoms with E-state index in [0.29, 0.717) is 12.5 Å². The van der Waals surface area contributed by atoms with Crippen molar-refractivity contribution in [3.05, 3.63) is 47.5 Å². The number of carbonyl (C=O) groups excluding carboxylic acids is 1. The first-order chi connectivity index (χ1) is 8.49. The summed E-state index contributed by atoms with van der Waals surface area (Å²) >= 11 is 0. The minimum Gasteiger partial charge on any atom is -0.478 e. The normalized spacial score (nSPS) is 10.8. The van der Waals surface area contributed by atoms with Gasteiger partial charge in [-0.15, -0.1) is 0 Å². The van der Waals surface area contributed by atoms with Crippen molar-refractivity contribution in [3.63, 3.8) is 0 Å². The van der Waals surface area contributed by atoms with E-state index in [1.54, 1.807) is 0 Å². The summed E-state index contributed by atoms with van der Waals surface area (Å²) in [7, 11) is 0. The molecule has 0 heterocycles. The van der Waals surface area contributed by atoms with Gasteiger partial charge in [-0.2, -0.15) is 0 Å². The van der Waals surface area contributed by atoms with Crippen molar-refractivity contribution in [1.82, 2.24) is 5.32 Å². The average Bonchev–Trinajstić information content (AvgIpc) is 2.34. The number of carboxylic acid groups (broad SMARTS) is 1. The summed E-state index contributed by atoms with van der Waals surface area (Å²) in [4.78, 5) is 21.4. The molecule has 2 N–H and O–H groups in total. The number of hydrogen-bond donors (Lipinski definition) is 2. The fourth-order valence-electron chi connectivity index (χ4n) is 1.42. The van der Waals surface area contributed by atoms with Crippen LogP contribution in [0.15, 0.2) is 36.4 Å². The number of rotatable bonds is 5. The van der Waals surface area contributed by atoms with Gasteiger partial charge >= 0.3 is 5.97 Å².